The lowest BCUT2D eigenvalue weighted by molar-refractivity contribution is 0.0948. The van der Waals surface area contributed by atoms with Gasteiger partial charge in [0.15, 0.2) is 0 Å². The molecule has 1 heterocycles. The van der Waals surface area contributed by atoms with E-state index in [0.717, 1.165) is 19.6 Å². The van der Waals surface area contributed by atoms with Gasteiger partial charge in [-0.1, -0.05) is 12.8 Å². The number of nitrogens with one attached hydrogen (secondary N) is 1. The first-order chi connectivity index (χ1) is 10.2. The molecule has 21 heavy (non-hydrogen) atoms. The molecule has 0 aromatic heterocycles. The van der Waals surface area contributed by atoms with Gasteiger partial charge in [0.2, 0.25) is 0 Å². The first-order valence-electron chi connectivity index (χ1n) is 7.65. The van der Waals surface area contributed by atoms with Crippen molar-refractivity contribution >= 4 is 11.6 Å². The van der Waals surface area contributed by atoms with Gasteiger partial charge < -0.3 is 20.7 Å². The van der Waals surface area contributed by atoms with Gasteiger partial charge in [0.1, 0.15) is 5.75 Å². The SMILES string of the molecule is COc1cc(C(=O)NCCN2CCCCCC2)ccc1N. The topological polar surface area (TPSA) is 67.6 Å². The smallest absolute Gasteiger partial charge is 0.251 e. The van der Waals surface area contributed by atoms with Crippen LogP contribution in [0.2, 0.25) is 0 Å². The maximum absolute atomic E-state index is 12.1. The fourth-order valence-corrected chi connectivity index (χ4v) is 2.64. The van der Waals surface area contributed by atoms with E-state index in [9.17, 15) is 4.79 Å². The first-order valence-corrected chi connectivity index (χ1v) is 7.65. The third-order valence-corrected chi connectivity index (χ3v) is 3.91. The minimum absolute atomic E-state index is 0.0804. The molecule has 1 aromatic rings. The van der Waals surface area contributed by atoms with E-state index in [0.29, 0.717) is 23.5 Å². The van der Waals surface area contributed by atoms with Gasteiger partial charge in [-0.15, -0.1) is 0 Å². The molecule has 0 saturated carbocycles. The number of methoxy groups -OCH3 is 1. The lowest BCUT2D eigenvalue weighted by Crippen LogP contribution is -2.35. The number of likely N-dealkylation sites (tertiary alicyclic amines) is 1. The molecule has 1 amide bonds. The number of carbonyl (C=O) groups is 1. The van der Waals surface area contributed by atoms with Crippen molar-refractivity contribution < 1.29 is 9.53 Å². The normalized spacial score (nSPS) is 16.2. The Morgan fingerprint density at radius 2 is 2.00 bits per heavy atom. The molecule has 0 unspecified atom stereocenters. The van der Waals surface area contributed by atoms with E-state index < -0.39 is 0 Å². The van der Waals surface area contributed by atoms with Crippen molar-refractivity contribution in [2.24, 2.45) is 0 Å². The van der Waals surface area contributed by atoms with Crippen molar-refractivity contribution in [2.75, 3.05) is 39.0 Å². The van der Waals surface area contributed by atoms with Crippen LogP contribution in [0.1, 0.15) is 36.0 Å². The van der Waals surface area contributed by atoms with Crippen LogP contribution in [0.3, 0.4) is 0 Å². The molecule has 0 radical (unpaired) electrons. The van der Waals surface area contributed by atoms with Crippen molar-refractivity contribution in [2.45, 2.75) is 25.7 Å². The third-order valence-electron chi connectivity index (χ3n) is 3.91. The second-order valence-corrected chi connectivity index (χ2v) is 5.47. The number of benzene rings is 1. The summed E-state index contributed by atoms with van der Waals surface area (Å²) in [5.74, 6) is 0.457. The Morgan fingerprint density at radius 3 is 2.67 bits per heavy atom. The molecule has 0 atom stereocenters. The highest BCUT2D eigenvalue weighted by Gasteiger charge is 2.11. The molecule has 0 spiro atoms. The van der Waals surface area contributed by atoms with Crippen molar-refractivity contribution in [3.63, 3.8) is 0 Å². The molecule has 1 aromatic carbocycles. The third kappa shape index (κ3) is 4.63. The van der Waals surface area contributed by atoms with Crippen LogP contribution in [0.4, 0.5) is 5.69 Å². The fourth-order valence-electron chi connectivity index (χ4n) is 2.64. The van der Waals surface area contributed by atoms with E-state index in [4.69, 9.17) is 10.5 Å². The number of nitrogens with zero attached hydrogens (tertiary/aromatic N) is 1. The first kappa shape index (κ1) is 15.6. The van der Waals surface area contributed by atoms with Gasteiger partial charge in [0, 0.05) is 18.7 Å². The highest BCUT2D eigenvalue weighted by Crippen LogP contribution is 2.21. The Morgan fingerprint density at radius 1 is 1.29 bits per heavy atom. The van der Waals surface area contributed by atoms with Crippen LogP contribution in [0.5, 0.6) is 5.75 Å². The number of carbonyl (C=O) groups excluding carboxylic acids is 1. The number of hydrogen-bond donors (Lipinski definition) is 2. The molecule has 0 aliphatic carbocycles. The minimum atomic E-state index is -0.0804. The van der Waals surface area contributed by atoms with Gasteiger partial charge >= 0.3 is 0 Å². The Balaban J connectivity index is 1.81. The summed E-state index contributed by atoms with van der Waals surface area (Å²) in [5, 5.41) is 2.96. The zero-order valence-electron chi connectivity index (χ0n) is 12.7. The summed E-state index contributed by atoms with van der Waals surface area (Å²) in [5.41, 5.74) is 6.87. The number of anilines is 1. The lowest BCUT2D eigenvalue weighted by Gasteiger charge is -2.19. The Kier molecular flexibility index (Phi) is 5.87. The van der Waals surface area contributed by atoms with Crippen LogP contribution < -0.4 is 15.8 Å². The van der Waals surface area contributed by atoms with Gasteiger partial charge in [-0.25, -0.2) is 0 Å². The molecule has 3 N–H and O–H groups in total. The monoisotopic (exact) mass is 291 g/mol. The average molecular weight is 291 g/mol. The maximum atomic E-state index is 12.1. The minimum Gasteiger partial charge on any atom is -0.495 e. The second-order valence-electron chi connectivity index (χ2n) is 5.47. The predicted molar refractivity (Wildman–Crippen MR) is 84.6 cm³/mol. The molecule has 5 nitrogen and oxygen atoms in total. The number of amides is 1. The zero-order chi connectivity index (χ0) is 15.1. The van der Waals surface area contributed by atoms with Crippen LogP contribution in [0.15, 0.2) is 18.2 Å². The van der Waals surface area contributed by atoms with E-state index in [1.807, 2.05) is 0 Å². The van der Waals surface area contributed by atoms with Crippen LogP contribution in [0, 0.1) is 0 Å². The van der Waals surface area contributed by atoms with Crippen molar-refractivity contribution in [1.29, 1.82) is 0 Å². The van der Waals surface area contributed by atoms with Gasteiger partial charge in [0.25, 0.3) is 5.91 Å². The van der Waals surface area contributed by atoms with Crippen LogP contribution >= 0.6 is 0 Å². The Bertz CT molecular complexity index is 469. The number of ether oxygens (including phenoxy) is 1. The highest BCUT2D eigenvalue weighted by molar-refractivity contribution is 5.95. The number of nitrogens with two attached hydrogens (primary N) is 1. The maximum Gasteiger partial charge on any atom is 0.251 e. The van der Waals surface area contributed by atoms with E-state index in [-0.39, 0.29) is 5.91 Å². The molecule has 0 bridgehead atoms. The summed E-state index contributed by atoms with van der Waals surface area (Å²) in [6, 6.07) is 5.10. The Labute approximate surface area is 126 Å². The molecule has 1 aliphatic rings. The predicted octanol–water partition coefficient (Wildman–Crippen LogP) is 1.88. The van der Waals surface area contributed by atoms with Crippen molar-refractivity contribution in [1.82, 2.24) is 10.2 Å². The number of nitrogen functional groups attached to an aromatic ring is 1. The van der Waals surface area contributed by atoms with Crippen molar-refractivity contribution in [3.05, 3.63) is 23.8 Å². The van der Waals surface area contributed by atoms with Gasteiger partial charge in [-0.05, 0) is 44.1 Å². The highest BCUT2D eigenvalue weighted by atomic mass is 16.5. The van der Waals surface area contributed by atoms with Crippen LogP contribution in [-0.2, 0) is 0 Å². The lowest BCUT2D eigenvalue weighted by atomic mass is 10.2. The number of hydrogen-bond acceptors (Lipinski definition) is 4. The Hall–Kier alpha value is -1.75. The summed E-state index contributed by atoms with van der Waals surface area (Å²) in [4.78, 5) is 14.5. The van der Waals surface area contributed by atoms with Crippen LogP contribution in [-0.4, -0.2) is 44.1 Å². The summed E-state index contributed by atoms with van der Waals surface area (Å²) in [6.07, 6.45) is 5.19. The van der Waals surface area contributed by atoms with E-state index in [1.165, 1.54) is 25.7 Å². The van der Waals surface area contributed by atoms with E-state index in [2.05, 4.69) is 10.2 Å². The molecule has 1 saturated heterocycles. The molecular weight excluding hydrogens is 266 g/mol. The average Bonchev–Trinajstić information content (AvgIpc) is 2.76. The molecule has 116 valence electrons. The molecular formula is C16H25N3O2. The van der Waals surface area contributed by atoms with Crippen LogP contribution in [0.25, 0.3) is 0 Å². The quantitative estimate of drug-likeness (QED) is 0.813. The van der Waals surface area contributed by atoms with Gasteiger partial charge in [-0.2, -0.15) is 0 Å². The summed E-state index contributed by atoms with van der Waals surface area (Å²) < 4.78 is 5.14. The summed E-state index contributed by atoms with van der Waals surface area (Å²) in [7, 11) is 1.55. The largest absolute Gasteiger partial charge is 0.495 e. The van der Waals surface area contributed by atoms with Crippen molar-refractivity contribution in [3.8, 4) is 5.75 Å². The molecule has 5 heteroatoms. The standard InChI is InChI=1S/C16H25N3O2/c1-21-15-12-13(6-7-14(15)17)16(20)18-8-11-19-9-4-2-3-5-10-19/h6-7,12H,2-5,8-11,17H2,1H3,(H,18,20). The molecule has 2 rings (SSSR count). The van der Waals surface area contributed by atoms with E-state index in [1.54, 1.807) is 25.3 Å². The fraction of sp³-hybridized carbons (Fsp3) is 0.562. The zero-order valence-corrected chi connectivity index (χ0v) is 12.7. The molecule has 1 aliphatic heterocycles. The van der Waals surface area contributed by atoms with Gasteiger partial charge in [0.05, 0.1) is 12.8 Å². The molecule has 1 fully saturated rings. The van der Waals surface area contributed by atoms with Gasteiger partial charge in [-0.3, -0.25) is 4.79 Å². The summed E-state index contributed by atoms with van der Waals surface area (Å²) >= 11 is 0. The number of rotatable bonds is 5. The summed E-state index contributed by atoms with van der Waals surface area (Å²) in [6.45, 7) is 3.88. The second kappa shape index (κ2) is 7.88. The van der Waals surface area contributed by atoms with E-state index >= 15 is 0 Å².